The van der Waals surface area contributed by atoms with Crippen LogP contribution in [0.4, 0.5) is 22.0 Å². The maximum atomic E-state index is 13.7. The van der Waals surface area contributed by atoms with Gasteiger partial charge in [0, 0.05) is 25.6 Å². The van der Waals surface area contributed by atoms with Crippen molar-refractivity contribution >= 4 is 5.91 Å². The molecule has 0 aliphatic carbocycles. The molecule has 30 heavy (non-hydrogen) atoms. The lowest BCUT2D eigenvalue weighted by Crippen LogP contribution is -2.41. The SMILES string of the molecule is CC.N[C@@H](CC(=O)N1CCn2c(nnc2CC(F)(F)F)C1)Cc1cc(F)ccc1F. The van der Waals surface area contributed by atoms with Crippen molar-refractivity contribution in [3.63, 3.8) is 0 Å². The summed E-state index contributed by atoms with van der Waals surface area (Å²) in [6.07, 6.45) is -5.71. The second-order valence-corrected chi connectivity index (χ2v) is 6.70. The van der Waals surface area contributed by atoms with E-state index in [1.807, 2.05) is 13.8 Å². The predicted octanol–water partition coefficient (Wildman–Crippen LogP) is 2.99. The summed E-state index contributed by atoms with van der Waals surface area (Å²) in [6, 6.07) is 2.29. The third-order valence-corrected chi connectivity index (χ3v) is 4.47. The summed E-state index contributed by atoms with van der Waals surface area (Å²) < 4.78 is 66.0. The number of nitrogens with zero attached hydrogens (tertiary/aromatic N) is 4. The number of carbonyl (C=O) groups excluding carboxylic acids is 1. The number of benzene rings is 1. The number of nitrogens with two attached hydrogens (primary N) is 1. The Morgan fingerprint density at radius 3 is 2.57 bits per heavy atom. The highest BCUT2D eigenvalue weighted by molar-refractivity contribution is 5.76. The maximum absolute atomic E-state index is 13.7. The average Bonchev–Trinajstić information content (AvgIpc) is 3.06. The molecule has 1 atom stereocenters. The van der Waals surface area contributed by atoms with Gasteiger partial charge in [-0.25, -0.2) is 8.78 Å². The molecular weight excluding hydrogens is 409 g/mol. The van der Waals surface area contributed by atoms with Crippen LogP contribution in [0.1, 0.15) is 37.5 Å². The molecular formula is C19H24F5N5O. The first-order chi connectivity index (χ1) is 14.1. The fourth-order valence-corrected chi connectivity index (χ4v) is 3.15. The van der Waals surface area contributed by atoms with Crippen molar-refractivity contribution < 1.29 is 26.7 Å². The number of hydrogen-bond donors (Lipinski definition) is 1. The van der Waals surface area contributed by atoms with Crippen molar-refractivity contribution in [1.29, 1.82) is 0 Å². The third kappa shape index (κ3) is 6.22. The van der Waals surface area contributed by atoms with Crippen molar-refractivity contribution in [1.82, 2.24) is 19.7 Å². The van der Waals surface area contributed by atoms with Gasteiger partial charge < -0.3 is 15.2 Å². The quantitative estimate of drug-likeness (QED) is 0.736. The number of halogens is 5. The minimum absolute atomic E-state index is 0.0186. The fraction of sp³-hybridized carbons (Fsp3) is 0.526. The summed E-state index contributed by atoms with van der Waals surface area (Å²) in [7, 11) is 0. The molecule has 0 spiro atoms. The van der Waals surface area contributed by atoms with Gasteiger partial charge in [-0.3, -0.25) is 4.79 Å². The van der Waals surface area contributed by atoms with Crippen LogP contribution in [0.2, 0.25) is 0 Å². The summed E-state index contributed by atoms with van der Waals surface area (Å²) >= 11 is 0. The molecule has 166 valence electrons. The van der Waals surface area contributed by atoms with Gasteiger partial charge >= 0.3 is 6.18 Å². The second-order valence-electron chi connectivity index (χ2n) is 6.70. The first kappa shape index (κ1) is 23.7. The molecule has 2 heterocycles. The normalized spacial score (nSPS) is 14.6. The molecule has 2 aromatic rings. The minimum atomic E-state index is -4.39. The lowest BCUT2D eigenvalue weighted by molar-refractivity contribution is -0.134. The Morgan fingerprint density at radius 2 is 1.90 bits per heavy atom. The van der Waals surface area contributed by atoms with Gasteiger partial charge in [-0.15, -0.1) is 10.2 Å². The van der Waals surface area contributed by atoms with Crippen LogP contribution in [-0.4, -0.2) is 44.3 Å². The summed E-state index contributed by atoms with van der Waals surface area (Å²) in [4.78, 5) is 13.9. The van der Waals surface area contributed by atoms with Crippen molar-refractivity contribution in [2.24, 2.45) is 5.73 Å². The number of hydrogen-bond acceptors (Lipinski definition) is 4. The first-order valence-corrected chi connectivity index (χ1v) is 9.57. The molecule has 2 N–H and O–H groups in total. The lowest BCUT2D eigenvalue weighted by atomic mass is 10.0. The van der Waals surface area contributed by atoms with E-state index in [-0.39, 0.29) is 55.6 Å². The third-order valence-electron chi connectivity index (χ3n) is 4.47. The highest BCUT2D eigenvalue weighted by Crippen LogP contribution is 2.22. The molecule has 0 bridgehead atoms. The van der Waals surface area contributed by atoms with Crippen LogP contribution >= 0.6 is 0 Å². The van der Waals surface area contributed by atoms with Gasteiger partial charge in [-0.2, -0.15) is 13.2 Å². The highest BCUT2D eigenvalue weighted by Gasteiger charge is 2.33. The molecule has 6 nitrogen and oxygen atoms in total. The number of carbonyl (C=O) groups is 1. The largest absolute Gasteiger partial charge is 0.396 e. The Bertz CT molecular complexity index is 867. The zero-order valence-corrected chi connectivity index (χ0v) is 16.7. The van der Waals surface area contributed by atoms with Crippen LogP contribution < -0.4 is 5.73 Å². The van der Waals surface area contributed by atoms with E-state index in [1.165, 1.54) is 9.47 Å². The van der Waals surface area contributed by atoms with Gasteiger partial charge in [0.05, 0.1) is 6.54 Å². The number of rotatable bonds is 5. The zero-order chi connectivity index (χ0) is 22.5. The van der Waals surface area contributed by atoms with Gasteiger partial charge in [0.15, 0.2) is 5.82 Å². The Morgan fingerprint density at radius 1 is 1.20 bits per heavy atom. The van der Waals surface area contributed by atoms with Crippen molar-refractivity contribution in [3.8, 4) is 0 Å². The maximum Gasteiger partial charge on any atom is 0.396 e. The van der Waals surface area contributed by atoms with Crippen LogP contribution in [0, 0.1) is 11.6 Å². The summed E-state index contributed by atoms with van der Waals surface area (Å²) in [5, 5.41) is 7.30. The van der Waals surface area contributed by atoms with E-state index >= 15 is 0 Å². The van der Waals surface area contributed by atoms with E-state index in [0.717, 1.165) is 18.2 Å². The van der Waals surface area contributed by atoms with Crippen molar-refractivity contribution in [3.05, 3.63) is 47.0 Å². The van der Waals surface area contributed by atoms with Gasteiger partial charge in [0.1, 0.15) is 23.9 Å². The molecule has 0 fully saturated rings. The number of fused-ring (bicyclic) bond motifs is 1. The molecule has 1 aromatic carbocycles. The van der Waals surface area contributed by atoms with Crippen molar-refractivity contribution in [2.45, 2.75) is 58.4 Å². The molecule has 1 aromatic heterocycles. The molecule has 1 aliphatic rings. The van der Waals surface area contributed by atoms with Crippen LogP contribution in [-0.2, 0) is 30.7 Å². The van der Waals surface area contributed by atoms with E-state index in [0.29, 0.717) is 0 Å². The molecule has 0 saturated heterocycles. The van der Waals surface area contributed by atoms with Gasteiger partial charge in [0.2, 0.25) is 5.91 Å². The Labute approximate surface area is 170 Å². The lowest BCUT2D eigenvalue weighted by Gasteiger charge is -2.29. The van der Waals surface area contributed by atoms with Crippen LogP contribution in [0.25, 0.3) is 0 Å². The predicted molar refractivity (Wildman–Crippen MR) is 99.2 cm³/mol. The smallest absolute Gasteiger partial charge is 0.333 e. The van der Waals surface area contributed by atoms with Crippen LogP contribution in [0.3, 0.4) is 0 Å². The Kier molecular flexibility index (Phi) is 7.88. The number of aromatic nitrogens is 3. The van der Waals surface area contributed by atoms with E-state index < -0.39 is 30.3 Å². The standard InChI is InChI=1S/C17H18F5N5O.C2H6/c18-11-1-2-13(19)10(5-11)6-12(23)7-16(28)26-3-4-27-14(8-17(20,21)22)24-25-15(27)9-26;1-2/h1-2,5,12H,3-4,6-9,23H2;1-2H3/t12-;/m1./s1. The van der Waals surface area contributed by atoms with E-state index in [9.17, 15) is 26.7 Å². The highest BCUT2D eigenvalue weighted by atomic mass is 19.4. The van der Waals surface area contributed by atoms with Crippen molar-refractivity contribution in [2.75, 3.05) is 6.54 Å². The second kappa shape index (κ2) is 9.96. The molecule has 3 rings (SSSR count). The van der Waals surface area contributed by atoms with Crippen LogP contribution in [0.15, 0.2) is 18.2 Å². The number of alkyl halides is 3. The topological polar surface area (TPSA) is 77.0 Å². The first-order valence-electron chi connectivity index (χ1n) is 9.57. The van der Waals surface area contributed by atoms with Gasteiger partial charge in [-0.1, -0.05) is 13.8 Å². The fourth-order valence-electron chi connectivity index (χ4n) is 3.15. The van der Waals surface area contributed by atoms with E-state index in [2.05, 4.69) is 10.2 Å². The zero-order valence-electron chi connectivity index (χ0n) is 16.7. The molecule has 1 amide bonds. The summed E-state index contributed by atoms with van der Waals surface area (Å²) in [6.45, 7) is 4.35. The molecule has 0 unspecified atom stereocenters. The summed E-state index contributed by atoms with van der Waals surface area (Å²) in [5.41, 5.74) is 5.98. The van der Waals surface area contributed by atoms with Crippen LogP contribution in [0.5, 0.6) is 0 Å². The van der Waals surface area contributed by atoms with Gasteiger partial charge in [0.25, 0.3) is 0 Å². The Balaban J connectivity index is 0.00000155. The van der Waals surface area contributed by atoms with E-state index in [4.69, 9.17) is 5.73 Å². The number of amides is 1. The monoisotopic (exact) mass is 433 g/mol. The molecule has 0 saturated carbocycles. The molecule has 11 heteroatoms. The molecule has 0 radical (unpaired) electrons. The van der Waals surface area contributed by atoms with E-state index in [1.54, 1.807) is 0 Å². The minimum Gasteiger partial charge on any atom is -0.333 e. The van der Waals surface area contributed by atoms with Gasteiger partial charge in [-0.05, 0) is 30.2 Å². The molecule has 1 aliphatic heterocycles. The Hall–Kier alpha value is -2.56. The average molecular weight is 433 g/mol. The summed E-state index contributed by atoms with van der Waals surface area (Å²) in [5.74, 6) is -1.46.